The molecule has 3 N–H and O–H groups in total. The van der Waals surface area contributed by atoms with Gasteiger partial charge in [-0.1, -0.05) is 25.1 Å². The molecule has 0 saturated heterocycles. The molecule has 0 amide bonds. The van der Waals surface area contributed by atoms with Crippen LogP contribution >= 0.6 is 35.3 Å². The monoisotopic (exact) mass is 508 g/mol. The zero-order chi connectivity index (χ0) is 18.1. The second-order valence-corrected chi connectivity index (χ2v) is 8.10. The van der Waals surface area contributed by atoms with Crippen LogP contribution in [0.3, 0.4) is 0 Å². The zero-order valence-corrected chi connectivity index (χ0v) is 18.8. The third-order valence-electron chi connectivity index (χ3n) is 3.67. The maximum atomic E-state index is 12.1. The molecule has 2 rings (SSSR count). The minimum absolute atomic E-state index is 0. The van der Waals surface area contributed by atoms with E-state index < -0.39 is 10.0 Å². The smallest absolute Gasteiger partial charge is 0.240 e. The number of halogens is 1. The number of hydrogen-bond donors (Lipinski definition) is 3. The SMILES string of the molecule is CN=C(NCCNS(=O)(=O)c1ccccc1)NCC(C)c1ccsc1.I. The Labute approximate surface area is 176 Å². The van der Waals surface area contributed by atoms with E-state index in [1.54, 1.807) is 48.7 Å². The number of nitrogens with one attached hydrogen (secondary N) is 3. The van der Waals surface area contributed by atoms with Gasteiger partial charge in [-0.2, -0.15) is 11.3 Å². The first-order chi connectivity index (χ1) is 12.0. The molecule has 0 aliphatic rings. The van der Waals surface area contributed by atoms with E-state index in [0.717, 1.165) is 6.54 Å². The maximum absolute atomic E-state index is 12.1. The summed E-state index contributed by atoms with van der Waals surface area (Å²) >= 11 is 1.69. The van der Waals surface area contributed by atoms with E-state index in [4.69, 9.17) is 0 Å². The van der Waals surface area contributed by atoms with E-state index in [9.17, 15) is 8.42 Å². The second-order valence-electron chi connectivity index (χ2n) is 5.55. The highest BCUT2D eigenvalue weighted by Gasteiger charge is 2.12. The van der Waals surface area contributed by atoms with Crippen LogP contribution in [0, 0.1) is 0 Å². The lowest BCUT2D eigenvalue weighted by Gasteiger charge is -2.15. The van der Waals surface area contributed by atoms with Gasteiger partial charge in [-0.25, -0.2) is 13.1 Å². The number of aliphatic imine (C=N–C) groups is 1. The number of benzene rings is 1. The molecule has 0 saturated carbocycles. The number of hydrogen-bond acceptors (Lipinski definition) is 4. The zero-order valence-electron chi connectivity index (χ0n) is 14.8. The van der Waals surface area contributed by atoms with E-state index in [-0.39, 0.29) is 35.4 Å². The molecule has 0 fully saturated rings. The fraction of sp³-hybridized carbons (Fsp3) is 0.353. The molecule has 6 nitrogen and oxygen atoms in total. The van der Waals surface area contributed by atoms with Crippen LogP contribution in [0.2, 0.25) is 0 Å². The average molecular weight is 508 g/mol. The van der Waals surface area contributed by atoms with Crippen LogP contribution in [0.5, 0.6) is 0 Å². The van der Waals surface area contributed by atoms with Crippen LogP contribution in [0.25, 0.3) is 0 Å². The molecule has 0 bridgehead atoms. The van der Waals surface area contributed by atoms with Crippen LogP contribution in [0.4, 0.5) is 0 Å². The molecule has 0 spiro atoms. The van der Waals surface area contributed by atoms with Crippen molar-refractivity contribution in [3.05, 3.63) is 52.7 Å². The summed E-state index contributed by atoms with van der Waals surface area (Å²) in [6.45, 7) is 3.62. The minimum Gasteiger partial charge on any atom is -0.356 e. The Morgan fingerprint density at radius 1 is 1.15 bits per heavy atom. The van der Waals surface area contributed by atoms with Gasteiger partial charge in [0.25, 0.3) is 0 Å². The molecule has 1 atom stereocenters. The highest BCUT2D eigenvalue weighted by Crippen LogP contribution is 2.16. The molecular formula is C17H25IN4O2S2. The van der Waals surface area contributed by atoms with Crippen LogP contribution < -0.4 is 15.4 Å². The predicted octanol–water partition coefficient (Wildman–Crippen LogP) is 2.61. The van der Waals surface area contributed by atoms with Crippen molar-refractivity contribution in [1.82, 2.24) is 15.4 Å². The maximum Gasteiger partial charge on any atom is 0.240 e. The fourth-order valence-electron chi connectivity index (χ4n) is 2.19. The molecule has 144 valence electrons. The van der Waals surface area contributed by atoms with Gasteiger partial charge >= 0.3 is 0 Å². The number of rotatable bonds is 8. The lowest BCUT2D eigenvalue weighted by molar-refractivity contribution is 0.580. The molecular weight excluding hydrogens is 483 g/mol. The van der Waals surface area contributed by atoms with Gasteiger partial charge in [-0.3, -0.25) is 4.99 Å². The summed E-state index contributed by atoms with van der Waals surface area (Å²) in [5.41, 5.74) is 1.29. The minimum atomic E-state index is -3.47. The Morgan fingerprint density at radius 2 is 1.88 bits per heavy atom. The van der Waals surface area contributed by atoms with Crippen LogP contribution in [-0.2, 0) is 10.0 Å². The van der Waals surface area contributed by atoms with Crippen molar-refractivity contribution >= 4 is 51.3 Å². The van der Waals surface area contributed by atoms with E-state index in [1.165, 1.54) is 5.56 Å². The first-order valence-corrected chi connectivity index (χ1v) is 10.5. The summed E-state index contributed by atoms with van der Waals surface area (Å²) in [6, 6.07) is 10.4. The first kappa shape index (κ1) is 22.9. The van der Waals surface area contributed by atoms with Crippen molar-refractivity contribution in [2.24, 2.45) is 4.99 Å². The van der Waals surface area contributed by atoms with Gasteiger partial charge < -0.3 is 10.6 Å². The van der Waals surface area contributed by atoms with Crippen LogP contribution in [-0.4, -0.2) is 41.1 Å². The summed E-state index contributed by atoms with van der Waals surface area (Å²) in [4.78, 5) is 4.42. The van der Waals surface area contributed by atoms with Gasteiger partial charge in [0.05, 0.1) is 4.90 Å². The number of guanidine groups is 1. The molecule has 0 aliphatic carbocycles. The molecule has 1 aromatic heterocycles. The normalized spacial score (nSPS) is 12.9. The largest absolute Gasteiger partial charge is 0.356 e. The van der Waals surface area contributed by atoms with Crippen LogP contribution in [0.15, 0.2) is 57.0 Å². The number of nitrogens with zero attached hydrogens (tertiary/aromatic N) is 1. The summed E-state index contributed by atoms with van der Waals surface area (Å²) in [5.74, 6) is 1.03. The molecule has 1 aromatic carbocycles. The molecule has 2 aromatic rings. The van der Waals surface area contributed by atoms with Gasteiger partial charge in [-0.05, 0) is 40.4 Å². The van der Waals surface area contributed by atoms with Crippen molar-refractivity contribution in [3.8, 4) is 0 Å². The predicted molar refractivity (Wildman–Crippen MR) is 119 cm³/mol. The van der Waals surface area contributed by atoms with Crippen molar-refractivity contribution < 1.29 is 8.42 Å². The third kappa shape index (κ3) is 7.22. The molecule has 9 heteroatoms. The number of thiophene rings is 1. The van der Waals surface area contributed by atoms with Crippen molar-refractivity contribution in [2.45, 2.75) is 17.7 Å². The van der Waals surface area contributed by atoms with E-state index >= 15 is 0 Å². The topological polar surface area (TPSA) is 82.6 Å². The van der Waals surface area contributed by atoms with Gasteiger partial charge in [0.1, 0.15) is 0 Å². The Bertz CT molecular complexity index is 765. The molecule has 26 heavy (non-hydrogen) atoms. The first-order valence-electron chi connectivity index (χ1n) is 8.04. The number of sulfonamides is 1. The molecule has 1 heterocycles. The van der Waals surface area contributed by atoms with Gasteiger partial charge in [-0.15, -0.1) is 24.0 Å². The Morgan fingerprint density at radius 3 is 2.50 bits per heavy atom. The lowest BCUT2D eigenvalue weighted by atomic mass is 10.1. The van der Waals surface area contributed by atoms with E-state index in [0.29, 0.717) is 18.4 Å². The van der Waals surface area contributed by atoms with Crippen molar-refractivity contribution in [3.63, 3.8) is 0 Å². The molecule has 0 radical (unpaired) electrons. The lowest BCUT2D eigenvalue weighted by Crippen LogP contribution is -2.42. The highest BCUT2D eigenvalue weighted by molar-refractivity contribution is 14.0. The van der Waals surface area contributed by atoms with E-state index in [2.05, 4.69) is 44.1 Å². The summed E-state index contributed by atoms with van der Waals surface area (Å²) in [6.07, 6.45) is 0. The Kier molecular flexibility index (Phi) is 10.1. The fourth-order valence-corrected chi connectivity index (χ4v) is 4.03. The average Bonchev–Trinajstić information content (AvgIpc) is 3.16. The van der Waals surface area contributed by atoms with Crippen molar-refractivity contribution in [1.29, 1.82) is 0 Å². The third-order valence-corrected chi connectivity index (χ3v) is 5.85. The second kappa shape index (κ2) is 11.5. The summed E-state index contributed by atoms with van der Waals surface area (Å²) in [7, 11) is -1.78. The molecule has 1 unspecified atom stereocenters. The Balaban J connectivity index is 0.00000338. The van der Waals surface area contributed by atoms with Gasteiger partial charge in [0.2, 0.25) is 10.0 Å². The van der Waals surface area contributed by atoms with Gasteiger partial charge in [0, 0.05) is 26.7 Å². The quantitative estimate of drug-likeness (QED) is 0.222. The Hall–Kier alpha value is -1.17. The standard InChI is InChI=1S/C17H24N4O2S2.HI/c1-14(15-8-11-24-13-15)12-20-17(18-2)19-9-10-21-25(22,23)16-6-4-3-5-7-16;/h3-8,11,13-14,21H,9-10,12H2,1-2H3,(H2,18,19,20);1H. The summed E-state index contributed by atoms with van der Waals surface area (Å²) < 4.78 is 26.8. The van der Waals surface area contributed by atoms with Gasteiger partial charge in [0.15, 0.2) is 5.96 Å². The highest BCUT2D eigenvalue weighted by atomic mass is 127. The molecule has 0 aliphatic heterocycles. The van der Waals surface area contributed by atoms with E-state index in [1.807, 2.05) is 0 Å². The van der Waals surface area contributed by atoms with Crippen LogP contribution in [0.1, 0.15) is 18.4 Å². The summed E-state index contributed by atoms with van der Waals surface area (Å²) in [5, 5.41) is 10.6. The van der Waals surface area contributed by atoms with Crippen molar-refractivity contribution in [2.75, 3.05) is 26.7 Å².